The number of nitrogens with one attached hydrogen (secondary N) is 1. The van der Waals surface area contributed by atoms with Gasteiger partial charge in [-0.3, -0.25) is 0 Å². The van der Waals surface area contributed by atoms with Crippen LogP contribution in [0.1, 0.15) is 82.9 Å². The number of allylic oxidation sites excluding steroid dienone is 1. The number of hydrogen-bond acceptors (Lipinski definition) is 6. The molecule has 0 saturated carbocycles. The molecule has 0 unspecified atom stereocenters. The molecular weight excluding hydrogens is 834 g/mol. The van der Waals surface area contributed by atoms with Crippen LogP contribution in [0.5, 0.6) is 0 Å². The average Bonchev–Trinajstić information content (AvgIpc) is 3.53. The molecule has 0 fully saturated rings. The van der Waals surface area contributed by atoms with Crippen molar-refractivity contribution in [1.82, 2.24) is 9.80 Å². The van der Waals surface area contributed by atoms with Gasteiger partial charge in [0, 0.05) is 0 Å². The zero-order chi connectivity index (χ0) is 36.2. The van der Waals surface area contributed by atoms with Crippen LogP contribution in [0, 0.1) is 19.4 Å². The Hall–Kier alpha value is -4.00. The summed E-state index contributed by atoms with van der Waals surface area (Å²) in [6, 6.07) is 26.5. The second-order valence-corrected chi connectivity index (χ2v) is 15.6. The van der Waals surface area contributed by atoms with E-state index in [0.29, 0.717) is 29.1 Å². The van der Waals surface area contributed by atoms with Gasteiger partial charge < -0.3 is 25.3 Å². The van der Waals surface area contributed by atoms with E-state index >= 15 is 0 Å². The summed E-state index contributed by atoms with van der Waals surface area (Å²) in [6.45, 7) is 19.8. The Labute approximate surface area is 320 Å². The first-order chi connectivity index (χ1) is 23.8. The molecule has 2 aliphatic heterocycles. The summed E-state index contributed by atoms with van der Waals surface area (Å²) in [5.41, 5.74) is 9.79. The van der Waals surface area contributed by atoms with Crippen LogP contribution in [-0.2, 0) is 30.9 Å². The van der Waals surface area contributed by atoms with Gasteiger partial charge in [-0.05, 0) is 91.8 Å². The van der Waals surface area contributed by atoms with Crippen molar-refractivity contribution in [3.05, 3.63) is 139 Å². The number of benzene rings is 4. The van der Waals surface area contributed by atoms with Crippen molar-refractivity contribution < 1.29 is 29.5 Å². The molecule has 2 heterocycles. The first kappa shape index (κ1) is 39.8. The average molecular weight is 883 g/mol. The fraction of sp³-hybridized carbons (Fsp3) is 0.286. The number of rotatable bonds is 9. The smallest absolute Gasteiger partial charge is 0.656 e. The van der Waals surface area contributed by atoms with E-state index in [2.05, 4.69) is 111 Å². The number of sulfone groups is 1. The van der Waals surface area contributed by atoms with Gasteiger partial charge in [0.2, 0.25) is 9.84 Å². The Bertz CT molecular complexity index is 1910. The molecule has 0 spiro atoms. The Balaban J connectivity index is 0.000000284. The second-order valence-electron chi connectivity index (χ2n) is 13.7. The van der Waals surface area contributed by atoms with Crippen LogP contribution >= 0.6 is 0 Å². The molecule has 0 aromatic heterocycles. The Morgan fingerprint density at radius 1 is 0.863 bits per heavy atom. The van der Waals surface area contributed by atoms with Crippen molar-refractivity contribution in [2.75, 3.05) is 24.3 Å². The zero-order valence-electron chi connectivity index (χ0n) is 31.0. The van der Waals surface area contributed by atoms with Gasteiger partial charge in [-0.1, -0.05) is 96.1 Å². The molecule has 7 nitrogen and oxygen atoms in total. The van der Waals surface area contributed by atoms with Crippen molar-refractivity contribution in [3.63, 3.8) is 0 Å². The van der Waals surface area contributed by atoms with Gasteiger partial charge in [-0.2, -0.15) is 13.3 Å². The van der Waals surface area contributed by atoms with Crippen LogP contribution in [0.3, 0.4) is 0 Å². The first-order valence-electron chi connectivity index (χ1n) is 17.2. The van der Waals surface area contributed by atoms with E-state index in [-0.39, 0.29) is 30.9 Å². The Kier molecular flexibility index (Phi) is 13.3. The third-order valence-electron chi connectivity index (χ3n) is 8.68. The normalized spacial score (nSPS) is 14.2. The Morgan fingerprint density at radius 3 is 1.92 bits per heavy atom. The minimum absolute atomic E-state index is 0. The maximum atomic E-state index is 12.2. The Morgan fingerprint density at radius 2 is 1.43 bits per heavy atom. The SMILES string of the molecule is C/C=C\N(C)[CH-]Nc1[c-]c(N2C=CN(C)[CH-]2)cc(-c2c(C(C)C)cc(C(C)C)cc2C(C)C)c1.O=S1(=O)c2ccccc2[N-]c2ccccc21.[Pt+4]. The summed E-state index contributed by atoms with van der Waals surface area (Å²) in [7, 11) is 0.660. The minimum Gasteiger partial charge on any atom is -0.656 e. The van der Waals surface area contributed by atoms with Crippen molar-refractivity contribution >= 4 is 32.6 Å². The van der Waals surface area contributed by atoms with Crippen LogP contribution in [0.15, 0.2) is 107 Å². The molecule has 270 valence electrons. The van der Waals surface area contributed by atoms with Crippen molar-refractivity contribution in [3.8, 4) is 11.1 Å². The standard InChI is InChI=1S/C30H41N4.C12H8NO2S.Pt/c1-10-11-32(8)19-31-26-14-25(15-27(18-26)34-13-12-33(9)20-34)30-28(22(4)5)16-24(21(2)3)17-29(30)23(6)7;14-16(15)11-7-3-1-5-9(11)13-10-6-2-4-8-12(10)16;/h10-17,19-23,31H,1-9H3;1-8H;/q-3;-1;+4/b11-10-;;. The van der Waals surface area contributed by atoms with Gasteiger partial charge in [0.25, 0.3) is 0 Å². The summed E-state index contributed by atoms with van der Waals surface area (Å²) < 4.78 is 24.5. The van der Waals surface area contributed by atoms with E-state index < -0.39 is 9.84 Å². The third-order valence-corrected chi connectivity index (χ3v) is 10.5. The zero-order valence-corrected chi connectivity index (χ0v) is 34.0. The van der Waals surface area contributed by atoms with Crippen LogP contribution in [-0.4, -0.2) is 32.3 Å². The topological polar surface area (TPSA) is 70.0 Å². The summed E-state index contributed by atoms with van der Waals surface area (Å²) in [5.74, 6) is 1.34. The molecule has 0 bridgehead atoms. The maximum Gasteiger partial charge on any atom is 4.00 e. The monoisotopic (exact) mass is 882 g/mol. The second kappa shape index (κ2) is 17.0. The van der Waals surface area contributed by atoms with Crippen LogP contribution in [0.2, 0.25) is 0 Å². The van der Waals surface area contributed by atoms with Crippen LogP contribution in [0.4, 0.5) is 22.7 Å². The molecular formula is C42H49N5O2PtS. The molecule has 0 radical (unpaired) electrons. The summed E-state index contributed by atoms with van der Waals surface area (Å²) in [4.78, 5) is 6.75. The fourth-order valence-electron chi connectivity index (χ4n) is 6.05. The molecule has 6 rings (SSSR count). The molecule has 0 aliphatic carbocycles. The van der Waals surface area contributed by atoms with Gasteiger partial charge in [0.05, 0.1) is 9.79 Å². The predicted octanol–water partition coefficient (Wildman–Crippen LogP) is 11.0. The van der Waals surface area contributed by atoms with Gasteiger partial charge in [-0.25, -0.2) is 8.42 Å². The minimum atomic E-state index is -3.40. The number of para-hydroxylation sites is 2. The maximum absolute atomic E-state index is 12.2. The molecule has 4 aromatic rings. The molecule has 1 N–H and O–H groups in total. The van der Waals surface area contributed by atoms with Gasteiger partial charge in [-0.15, -0.1) is 46.5 Å². The molecule has 2 aliphatic rings. The van der Waals surface area contributed by atoms with Crippen molar-refractivity contribution in [1.29, 1.82) is 0 Å². The van der Waals surface area contributed by atoms with Crippen molar-refractivity contribution in [2.45, 2.75) is 76.0 Å². The summed E-state index contributed by atoms with van der Waals surface area (Å²) in [5, 5.41) is 7.78. The molecule has 4 aromatic carbocycles. The van der Waals surface area contributed by atoms with E-state index in [1.165, 1.54) is 27.8 Å². The van der Waals surface area contributed by atoms with E-state index in [0.717, 1.165) is 11.4 Å². The number of anilines is 2. The molecule has 0 amide bonds. The number of nitrogens with zero attached hydrogens (tertiary/aromatic N) is 4. The van der Waals surface area contributed by atoms with E-state index in [9.17, 15) is 8.42 Å². The molecule has 0 atom stereocenters. The summed E-state index contributed by atoms with van der Waals surface area (Å²) in [6.07, 6.45) is 8.16. The van der Waals surface area contributed by atoms with Crippen molar-refractivity contribution in [2.24, 2.45) is 0 Å². The third kappa shape index (κ3) is 9.09. The van der Waals surface area contributed by atoms with Crippen LogP contribution < -0.4 is 10.2 Å². The molecule has 9 heteroatoms. The summed E-state index contributed by atoms with van der Waals surface area (Å²) >= 11 is 0. The van der Waals surface area contributed by atoms with E-state index in [1.54, 1.807) is 48.5 Å². The predicted molar refractivity (Wildman–Crippen MR) is 208 cm³/mol. The van der Waals surface area contributed by atoms with Gasteiger partial charge >= 0.3 is 21.1 Å². The van der Waals surface area contributed by atoms with Crippen LogP contribution in [0.25, 0.3) is 16.4 Å². The van der Waals surface area contributed by atoms with Gasteiger partial charge in [0.15, 0.2) is 0 Å². The largest absolute Gasteiger partial charge is 4.00 e. The van der Waals surface area contributed by atoms with Gasteiger partial charge in [0.1, 0.15) is 0 Å². The molecule has 51 heavy (non-hydrogen) atoms. The number of fused-ring (bicyclic) bond motifs is 2. The fourth-order valence-corrected chi connectivity index (χ4v) is 7.58. The van der Waals surface area contributed by atoms with E-state index in [1.807, 2.05) is 44.9 Å². The first-order valence-corrected chi connectivity index (χ1v) is 18.7. The molecule has 0 saturated heterocycles. The van der Waals surface area contributed by atoms with E-state index in [4.69, 9.17) is 0 Å². The quantitative estimate of drug-likeness (QED) is 0.149. The number of hydrogen-bond donors (Lipinski definition) is 1.